The van der Waals surface area contributed by atoms with Gasteiger partial charge in [-0.2, -0.15) is 13.2 Å². The Kier molecular flexibility index (Phi) is 5.51. The molecule has 0 spiro atoms. The predicted octanol–water partition coefficient (Wildman–Crippen LogP) is 0.804. The Bertz CT molecular complexity index is 707. The molecule has 1 aliphatic rings. The molecule has 0 saturated carbocycles. The number of rotatable bonds is 4. The normalized spacial score (nSPS) is 19.3. The van der Waals surface area contributed by atoms with Crippen LogP contribution in [0.2, 0.25) is 0 Å². The van der Waals surface area contributed by atoms with Crippen LogP contribution in [-0.2, 0) is 21.0 Å². The second kappa shape index (κ2) is 7.08. The fourth-order valence-corrected chi connectivity index (χ4v) is 3.41. The van der Waals surface area contributed by atoms with Gasteiger partial charge in [-0.25, -0.2) is 13.1 Å². The fourth-order valence-electron chi connectivity index (χ4n) is 2.39. The second-order valence-corrected chi connectivity index (χ2v) is 7.26. The number of hydrogen-bond acceptors (Lipinski definition) is 4. The Labute approximate surface area is 138 Å². The molecular weight excluding hydrogens is 347 g/mol. The molecule has 0 aliphatic carbocycles. The maximum absolute atomic E-state index is 12.7. The van der Waals surface area contributed by atoms with Gasteiger partial charge in [-0.15, -0.1) is 0 Å². The van der Waals surface area contributed by atoms with Crippen LogP contribution in [0.1, 0.15) is 12.5 Å². The number of nitrogens with zero attached hydrogens (tertiary/aromatic N) is 1. The summed E-state index contributed by atoms with van der Waals surface area (Å²) in [7, 11) is -4.21. The van der Waals surface area contributed by atoms with Gasteiger partial charge in [-0.05, 0) is 25.1 Å². The molecule has 1 aromatic carbocycles. The van der Waals surface area contributed by atoms with Crippen LogP contribution in [0.4, 0.5) is 13.2 Å². The zero-order valence-corrected chi connectivity index (χ0v) is 13.7. The van der Waals surface area contributed by atoms with E-state index in [9.17, 15) is 26.4 Å². The van der Waals surface area contributed by atoms with Crippen LogP contribution in [0.25, 0.3) is 0 Å². The third-order valence-corrected chi connectivity index (χ3v) is 5.11. The van der Waals surface area contributed by atoms with E-state index >= 15 is 0 Å². The number of piperazine rings is 1. The number of hydrogen-bond donors (Lipinski definition) is 2. The number of sulfonamides is 1. The van der Waals surface area contributed by atoms with Crippen LogP contribution in [0, 0.1) is 0 Å². The van der Waals surface area contributed by atoms with Gasteiger partial charge in [-0.3, -0.25) is 4.79 Å². The number of halogens is 3. The highest BCUT2D eigenvalue weighted by atomic mass is 32.2. The van der Waals surface area contributed by atoms with Gasteiger partial charge < -0.3 is 10.2 Å². The number of amides is 1. The van der Waals surface area contributed by atoms with E-state index < -0.39 is 39.1 Å². The van der Waals surface area contributed by atoms with Crippen LogP contribution < -0.4 is 10.0 Å². The van der Waals surface area contributed by atoms with Crippen molar-refractivity contribution >= 4 is 15.9 Å². The fraction of sp³-hybridized carbons (Fsp3) is 0.500. The Hall–Kier alpha value is -1.65. The van der Waals surface area contributed by atoms with Crippen molar-refractivity contribution in [2.75, 3.05) is 26.2 Å². The standard InChI is InChI=1S/C14H18F3N3O3S/c1-10-8-18-5-6-20(10)13(21)9-19-24(22,23)12-4-2-3-11(7-12)14(15,16)17/h2-4,7,10,18-19H,5-6,8-9H2,1H3/t10-/m0/s1. The van der Waals surface area contributed by atoms with Crippen LogP contribution >= 0.6 is 0 Å². The van der Waals surface area contributed by atoms with Gasteiger partial charge in [0.25, 0.3) is 0 Å². The van der Waals surface area contributed by atoms with E-state index in [1.807, 2.05) is 6.92 Å². The average Bonchev–Trinajstić information content (AvgIpc) is 2.52. The second-order valence-electron chi connectivity index (χ2n) is 5.49. The molecule has 0 unspecified atom stereocenters. The van der Waals surface area contributed by atoms with Gasteiger partial charge in [0.2, 0.25) is 15.9 Å². The summed E-state index contributed by atoms with van der Waals surface area (Å²) in [6.07, 6.45) is -4.64. The smallest absolute Gasteiger partial charge is 0.336 e. The molecule has 0 aromatic heterocycles. The Morgan fingerprint density at radius 1 is 1.42 bits per heavy atom. The quantitative estimate of drug-likeness (QED) is 0.828. The lowest BCUT2D eigenvalue weighted by Crippen LogP contribution is -2.54. The van der Waals surface area contributed by atoms with Gasteiger partial charge in [-0.1, -0.05) is 6.07 Å². The van der Waals surface area contributed by atoms with Gasteiger partial charge in [0, 0.05) is 25.7 Å². The van der Waals surface area contributed by atoms with Crippen molar-refractivity contribution < 1.29 is 26.4 Å². The van der Waals surface area contributed by atoms with Crippen molar-refractivity contribution in [2.45, 2.75) is 24.0 Å². The molecule has 1 atom stereocenters. The van der Waals surface area contributed by atoms with Crippen molar-refractivity contribution in [3.05, 3.63) is 29.8 Å². The zero-order chi connectivity index (χ0) is 18.0. The molecular formula is C14H18F3N3O3S. The van der Waals surface area contributed by atoms with Crippen molar-refractivity contribution in [1.82, 2.24) is 14.9 Å². The van der Waals surface area contributed by atoms with Gasteiger partial charge in [0.15, 0.2) is 0 Å². The van der Waals surface area contributed by atoms with Crippen molar-refractivity contribution in [1.29, 1.82) is 0 Å². The summed E-state index contributed by atoms with van der Waals surface area (Å²) in [4.78, 5) is 13.1. The molecule has 0 bridgehead atoms. The third kappa shape index (κ3) is 4.46. The molecule has 0 radical (unpaired) electrons. The number of carbonyl (C=O) groups excluding carboxylic acids is 1. The van der Waals surface area contributed by atoms with Crippen molar-refractivity contribution in [3.63, 3.8) is 0 Å². The molecule has 6 nitrogen and oxygen atoms in total. The van der Waals surface area contributed by atoms with E-state index in [-0.39, 0.29) is 6.04 Å². The molecule has 1 saturated heterocycles. The Morgan fingerprint density at radius 2 is 2.12 bits per heavy atom. The third-order valence-electron chi connectivity index (χ3n) is 3.71. The van der Waals surface area contributed by atoms with Crippen LogP contribution in [-0.4, -0.2) is 51.4 Å². The van der Waals surface area contributed by atoms with E-state index in [1.54, 1.807) is 0 Å². The summed E-state index contributed by atoms with van der Waals surface area (Å²) in [5, 5.41) is 3.10. The van der Waals surface area contributed by atoms with E-state index in [0.717, 1.165) is 18.2 Å². The SMILES string of the molecule is C[C@H]1CNCCN1C(=O)CNS(=O)(=O)c1cccc(C(F)(F)F)c1. The minimum atomic E-state index is -4.64. The minimum Gasteiger partial charge on any atom is -0.336 e. The topological polar surface area (TPSA) is 78.5 Å². The highest BCUT2D eigenvalue weighted by molar-refractivity contribution is 7.89. The molecule has 1 heterocycles. The number of alkyl halides is 3. The number of nitrogens with one attached hydrogen (secondary N) is 2. The monoisotopic (exact) mass is 365 g/mol. The molecule has 2 rings (SSSR count). The lowest BCUT2D eigenvalue weighted by Gasteiger charge is -2.34. The first-order valence-corrected chi connectivity index (χ1v) is 8.77. The first-order chi connectivity index (χ1) is 11.1. The number of benzene rings is 1. The summed E-state index contributed by atoms with van der Waals surface area (Å²) < 4.78 is 64.3. The largest absolute Gasteiger partial charge is 0.416 e. The summed E-state index contributed by atoms with van der Waals surface area (Å²) >= 11 is 0. The zero-order valence-electron chi connectivity index (χ0n) is 12.9. The average molecular weight is 365 g/mol. The molecule has 10 heteroatoms. The summed E-state index contributed by atoms with van der Waals surface area (Å²) in [6.45, 7) is 2.99. The van der Waals surface area contributed by atoms with E-state index in [2.05, 4.69) is 10.0 Å². The molecule has 134 valence electrons. The summed E-state index contributed by atoms with van der Waals surface area (Å²) in [5.74, 6) is -0.417. The van der Waals surface area contributed by atoms with Crippen LogP contribution in [0.3, 0.4) is 0 Å². The number of carbonyl (C=O) groups is 1. The van der Waals surface area contributed by atoms with Crippen molar-refractivity contribution in [2.24, 2.45) is 0 Å². The van der Waals surface area contributed by atoms with E-state index in [4.69, 9.17) is 0 Å². The first kappa shape index (κ1) is 18.7. The Balaban J connectivity index is 2.07. The molecule has 2 N–H and O–H groups in total. The molecule has 1 fully saturated rings. The van der Waals surface area contributed by atoms with Crippen LogP contribution in [0.5, 0.6) is 0 Å². The maximum Gasteiger partial charge on any atom is 0.416 e. The van der Waals surface area contributed by atoms with E-state index in [0.29, 0.717) is 25.7 Å². The van der Waals surface area contributed by atoms with Gasteiger partial charge >= 0.3 is 6.18 Å². The first-order valence-electron chi connectivity index (χ1n) is 7.28. The molecule has 24 heavy (non-hydrogen) atoms. The highest BCUT2D eigenvalue weighted by Crippen LogP contribution is 2.30. The van der Waals surface area contributed by atoms with Gasteiger partial charge in [0.05, 0.1) is 17.0 Å². The lowest BCUT2D eigenvalue weighted by molar-refractivity contribution is -0.137. The predicted molar refractivity (Wildman–Crippen MR) is 80.7 cm³/mol. The highest BCUT2D eigenvalue weighted by Gasteiger charge is 2.32. The minimum absolute atomic E-state index is 0.0793. The summed E-state index contributed by atoms with van der Waals surface area (Å²) in [5.41, 5.74) is -1.06. The van der Waals surface area contributed by atoms with E-state index in [1.165, 1.54) is 4.90 Å². The molecule has 1 aromatic rings. The van der Waals surface area contributed by atoms with Crippen LogP contribution in [0.15, 0.2) is 29.2 Å². The maximum atomic E-state index is 12.7. The molecule has 1 aliphatic heterocycles. The van der Waals surface area contributed by atoms with Gasteiger partial charge in [0.1, 0.15) is 0 Å². The molecule has 1 amide bonds. The summed E-state index contributed by atoms with van der Waals surface area (Å²) in [6, 6.07) is 3.31. The van der Waals surface area contributed by atoms with Crippen molar-refractivity contribution in [3.8, 4) is 0 Å². The Morgan fingerprint density at radius 3 is 2.75 bits per heavy atom. The lowest BCUT2D eigenvalue weighted by atomic mass is 10.2.